The van der Waals surface area contributed by atoms with Crippen LogP contribution in [0.3, 0.4) is 0 Å². The number of imidazole rings is 2. The molecule has 4 heterocycles. The first kappa shape index (κ1) is 28.5. The van der Waals surface area contributed by atoms with Crippen molar-refractivity contribution in [1.82, 2.24) is 18.8 Å². The third-order valence-corrected chi connectivity index (χ3v) is 9.10. The van der Waals surface area contributed by atoms with Gasteiger partial charge in [0.1, 0.15) is 0 Å². The molecule has 0 spiro atoms. The van der Waals surface area contributed by atoms with Gasteiger partial charge in [-0.1, -0.05) is 131 Å². The van der Waals surface area contributed by atoms with E-state index in [2.05, 4.69) is 118 Å². The molecular weight excluding hydrogens is 772 g/mol. The SMILES string of the molecule is [Pt+2].[c-]1c(Oc2[c-]c3c(cc2)c2ccc(-c4ccccc4)cc2n2ccnc32)ccc2c1c1nccn1c1cc(-c3ccccc3)ccc21. The zero-order chi connectivity index (χ0) is 30.9. The summed E-state index contributed by atoms with van der Waals surface area (Å²) in [7, 11) is 0. The predicted octanol–water partition coefficient (Wildman–Crippen LogP) is 10.3. The Kier molecular flexibility index (Phi) is 6.63. The molecule has 0 aliphatic carbocycles. The van der Waals surface area contributed by atoms with Crippen LogP contribution >= 0.6 is 0 Å². The van der Waals surface area contributed by atoms with E-state index in [0.717, 1.165) is 54.6 Å². The molecule has 0 amide bonds. The van der Waals surface area contributed by atoms with Crippen LogP contribution in [-0.4, -0.2) is 18.8 Å². The summed E-state index contributed by atoms with van der Waals surface area (Å²) in [4.78, 5) is 9.46. The van der Waals surface area contributed by atoms with E-state index >= 15 is 0 Å². The Morgan fingerprint density at radius 1 is 0.458 bits per heavy atom. The number of aromatic nitrogens is 4. The number of fused-ring (bicyclic) bond motifs is 12. The van der Waals surface area contributed by atoms with E-state index in [-0.39, 0.29) is 21.1 Å². The minimum atomic E-state index is 0. The van der Waals surface area contributed by atoms with Crippen molar-refractivity contribution in [2.24, 2.45) is 0 Å². The monoisotopic (exact) mass is 795 g/mol. The first-order valence-corrected chi connectivity index (χ1v) is 15.6. The minimum Gasteiger partial charge on any atom is -0.497 e. The molecule has 0 unspecified atom stereocenters. The van der Waals surface area contributed by atoms with Crippen LogP contribution in [0.5, 0.6) is 11.5 Å². The van der Waals surface area contributed by atoms with Crippen molar-refractivity contribution < 1.29 is 25.8 Å². The third kappa shape index (κ3) is 4.43. The summed E-state index contributed by atoms with van der Waals surface area (Å²) in [6.45, 7) is 0. The topological polar surface area (TPSA) is 43.8 Å². The van der Waals surface area contributed by atoms with Gasteiger partial charge in [-0.2, -0.15) is 0 Å². The number of pyridine rings is 2. The number of hydrogen-bond acceptors (Lipinski definition) is 3. The fourth-order valence-corrected chi connectivity index (χ4v) is 6.89. The molecular formula is C42H24N4OPt. The second-order valence-corrected chi connectivity index (χ2v) is 11.8. The van der Waals surface area contributed by atoms with E-state index in [1.165, 1.54) is 22.3 Å². The summed E-state index contributed by atoms with van der Waals surface area (Å²) in [5, 5.41) is 6.24. The van der Waals surface area contributed by atoms with Gasteiger partial charge in [0.15, 0.2) is 0 Å². The first-order chi connectivity index (χ1) is 23.3. The molecule has 4 aromatic heterocycles. The molecule has 0 bridgehead atoms. The molecule has 10 aromatic rings. The van der Waals surface area contributed by atoms with E-state index in [9.17, 15) is 0 Å². The van der Waals surface area contributed by atoms with Gasteiger partial charge in [-0.3, -0.25) is 9.97 Å². The van der Waals surface area contributed by atoms with Gasteiger partial charge >= 0.3 is 21.1 Å². The molecule has 0 saturated heterocycles. The molecule has 0 aliphatic heterocycles. The van der Waals surface area contributed by atoms with Crippen molar-refractivity contribution in [2.45, 2.75) is 0 Å². The van der Waals surface area contributed by atoms with Crippen molar-refractivity contribution in [2.75, 3.05) is 0 Å². The number of nitrogens with zero attached hydrogens (tertiary/aromatic N) is 4. The van der Waals surface area contributed by atoms with Crippen LogP contribution in [0.15, 0.2) is 146 Å². The Morgan fingerprint density at radius 2 is 0.896 bits per heavy atom. The second kappa shape index (κ2) is 11.2. The van der Waals surface area contributed by atoms with Crippen LogP contribution < -0.4 is 4.74 Å². The van der Waals surface area contributed by atoms with E-state index in [1.807, 2.05) is 49.1 Å². The summed E-state index contributed by atoms with van der Waals surface area (Å²) in [5.41, 5.74) is 8.58. The molecule has 0 atom stereocenters. The summed E-state index contributed by atoms with van der Waals surface area (Å²) in [5.74, 6) is 1.21. The van der Waals surface area contributed by atoms with Gasteiger partial charge in [-0.15, -0.1) is 12.1 Å². The van der Waals surface area contributed by atoms with Crippen molar-refractivity contribution in [3.8, 4) is 33.8 Å². The maximum absolute atomic E-state index is 6.44. The van der Waals surface area contributed by atoms with Crippen molar-refractivity contribution >= 4 is 54.6 Å². The van der Waals surface area contributed by atoms with Crippen LogP contribution in [-0.2, 0) is 21.1 Å². The van der Waals surface area contributed by atoms with Gasteiger partial charge in [-0.25, -0.2) is 0 Å². The molecule has 48 heavy (non-hydrogen) atoms. The van der Waals surface area contributed by atoms with Gasteiger partial charge in [-0.05, 0) is 45.2 Å². The van der Waals surface area contributed by atoms with Gasteiger partial charge in [0.25, 0.3) is 0 Å². The van der Waals surface area contributed by atoms with Crippen LogP contribution in [0.4, 0.5) is 0 Å². The standard InChI is InChI=1S/C42H24N4O.Pt/c1-3-7-27(8-4-1)29-11-15-35-33-17-13-31(25-37(33)41-43-19-21-45(41)39(35)23-29)47-32-14-18-34-36-16-12-30(28-9-5-2-6-10-28)24-40(36)46-22-20-44-42(46)38(34)26-32;/h1-24H;/q-2;+2. The molecule has 0 N–H and O–H groups in total. The maximum Gasteiger partial charge on any atom is 2.00 e. The summed E-state index contributed by atoms with van der Waals surface area (Å²) >= 11 is 0. The van der Waals surface area contributed by atoms with Crippen molar-refractivity contribution in [3.63, 3.8) is 0 Å². The fraction of sp³-hybridized carbons (Fsp3) is 0. The second-order valence-electron chi connectivity index (χ2n) is 11.8. The molecule has 0 saturated carbocycles. The van der Waals surface area contributed by atoms with Gasteiger partial charge < -0.3 is 13.5 Å². The smallest absolute Gasteiger partial charge is 0.497 e. The van der Waals surface area contributed by atoms with Gasteiger partial charge in [0.2, 0.25) is 0 Å². The zero-order valence-electron chi connectivity index (χ0n) is 25.4. The minimum absolute atomic E-state index is 0. The predicted molar refractivity (Wildman–Crippen MR) is 189 cm³/mol. The maximum atomic E-state index is 6.44. The van der Waals surface area contributed by atoms with E-state index in [0.29, 0.717) is 11.5 Å². The molecule has 5 nitrogen and oxygen atoms in total. The summed E-state index contributed by atoms with van der Waals surface area (Å²) in [6.07, 6.45) is 7.69. The number of benzene rings is 6. The van der Waals surface area contributed by atoms with E-state index in [1.54, 1.807) is 0 Å². The molecule has 6 heteroatoms. The third-order valence-electron chi connectivity index (χ3n) is 9.10. The Bertz CT molecular complexity index is 2630. The van der Waals surface area contributed by atoms with Gasteiger partial charge in [0.05, 0.1) is 11.3 Å². The Balaban J connectivity index is 0.00000314. The zero-order valence-corrected chi connectivity index (χ0v) is 27.6. The Hall–Kier alpha value is -5.77. The number of ether oxygens (including phenoxy) is 1. The molecule has 0 aliphatic rings. The molecule has 228 valence electrons. The largest absolute Gasteiger partial charge is 2.00 e. The van der Waals surface area contributed by atoms with Crippen molar-refractivity contribution in [1.29, 1.82) is 0 Å². The first-order valence-electron chi connectivity index (χ1n) is 15.6. The van der Waals surface area contributed by atoms with Crippen LogP contribution in [0, 0.1) is 12.1 Å². The van der Waals surface area contributed by atoms with Gasteiger partial charge in [0, 0.05) is 47.3 Å². The fourth-order valence-electron chi connectivity index (χ4n) is 6.89. The molecule has 0 fully saturated rings. The van der Waals surface area contributed by atoms with Crippen LogP contribution in [0.25, 0.3) is 76.9 Å². The average molecular weight is 796 g/mol. The normalized spacial score (nSPS) is 11.6. The summed E-state index contributed by atoms with van der Waals surface area (Å²) in [6, 6.07) is 49.3. The Morgan fingerprint density at radius 3 is 1.35 bits per heavy atom. The number of rotatable bonds is 4. The Labute approximate surface area is 290 Å². The molecule has 0 radical (unpaired) electrons. The molecule has 10 rings (SSSR count). The van der Waals surface area contributed by atoms with E-state index in [4.69, 9.17) is 14.7 Å². The number of hydrogen-bond donors (Lipinski definition) is 0. The average Bonchev–Trinajstić information content (AvgIpc) is 3.84. The van der Waals surface area contributed by atoms with E-state index < -0.39 is 0 Å². The molecule has 6 aromatic carbocycles. The van der Waals surface area contributed by atoms with Crippen LogP contribution in [0.1, 0.15) is 0 Å². The van der Waals surface area contributed by atoms with Crippen LogP contribution in [0.2, 0.25) is 0 Å². The summed E-state index contributed by atoms with van der Waals surface area (Å²) < 4.78 is 10.7. The quantitative estimate of drug-likeness (QED) is 0.132. The van der Waals surface area contributed by atoms with Crippen molar-refractivity contribution in [3.05, 3.63) is 158 Å².